The Bertz CT molecular complexity index is 1170. The molecular formula is C35H49N3O4. The molecule has 2 unspecified atom stereocenters. The van der Waals surface area contributed by atoms with Gasteiger partial charge in [-0.15, -0.1) is 6.42 Å². The van der Waals surface area contributed by atoms with Gasteiger partial charge in [0.25, 0.3) is 0 Å². The number of carbonyl (C=O) groups excluding carboxylic acids is 3. The molecule has 2 N–H and O–H groups in total. The van der Waals surface area contributed by atoms with Crippen LogP contribution >= 0.6 is 0 Å². The van der Waals surface area contributed by atoms with E-state index in [1.807, 2.05) is 48.5 Å². The van der Waals surface area contributed by atoms with Gasteiger partial charge in [-0.3, -0.25) is 9.59 Å². The number of carbonyl (C=O) groups is 3. The van der Waals surface area contributed by atoms with Gasteiger partial charge in [-0.25, -0.2) is 4.79 Å². The summed E-state index contributed by atoms with van der Waals surface area (Å²) in [5, 5.41) is 5.84. The van der Waals surface area contributed by atoms with Crippen molar-refractivity contribution in [2.24, 2.45) is 0 Å². The van der Waals surface area contributed by atoms with E-state index in [9.17, 15) is 14.4 Å². The first-order chi connectivity index (χ1) is 20.1. The lowest BCUT2D eigenvalue weighted by molar-refractivity contribution is -0.142. The Hall–Kier alpha value is -3.79. The van der Waals surface area contributed by atoms with Gasteiger partial charge < -0.3 is 20.3 Å². The molecule has 0 heterocycles. The van der Waals surface area contributed by atoms with Crippen molar-refractivity contribution in [2.75, 3.05) is 13.1 Å². The lowest BCUT2D eigenvalue weighted by Gasteiger charge is -2.35. The van der Waals surface area contributed by atoms with Gasteiger partial charge in [-0.2, -0.15) is 0 Å². The zero-order valence-electron chi connectivity index (χ0n) is 26.1. The Morgan fingerprint density at radius 2 is 1.55 bits per heavy atom. The zero-order valence-corrected chi connectivity index (χ0v) is 26.1. The third-order valence-electron chi connectivity index (χ3n) is 6.86. The Balaban J connectivity index is 2.57. The number of nitrogens with one attached hydrogen (secondary N) is 2. The molecule has 228 valence electrons. The summed E-state index contributed by atoms with van der Waals surface area (Å²) >= 11 is 0. The quantitative estimate of drug-likeness (QED) is 0.175. The topological polar surface area (TPSA) is 87.7 Å². The molecule has 2 rings (SSSR count). The fraction of sp³-hybridized carbons (Fsp3) is 0.514. The molecule has 0 bridgehead atoms. The van der Waals surface area contributed by atoms with E-state index in [0.29, 0.717) is 30.6 Å². The third-order valence-corrected chi connectivity index (χ3v) is 6.86. The Morgan fingerprint density at radius 1 is 0.905 bits per heavy atom. The average molecular weight is 576 g/mol. The molecule has 0 radical (unpaired) electrons. The van der Waals surface area contributed by atoms with Gasteiger partial charge >= 0.3 is 6.09 Å². The van der Waals surface area contributed by atoms with E-state index in [1.54, 1.807) is 31.7 Å². The second-order valence-corrected chi connectivity index (χ2v) is 11.6. The number of hydrogen-bond donors (Lipinski definition) is 2. The maximum absolute atomic E-state index is 14.5. The molecule has 0 saturated carbocycles. The molecule has 3 amide bonds. The van der Waals surface area contributed by atoms with Gasteiger partial charge in [0.05, 0.1) is 0 Å². The van der Waals surface area contributed by atoms with Gasteiger partial charge in [0.15, 0.2) is 0 Å². The van der Waals surface area contributed by atoms with Crippen molar-refractivity contribution in [3.05, 3.63) is 71.3 Å². The van der Waals surface area contributed by atoms with E-state index in [-0.39, 0.29) is 18.2 Å². The van der Waals surface area contributed by atoms with Crippen LogP contribution < -0.4 is 10.6 Å². The lowest BCUT2D eigenvalue weighted by atomic mass is 9.96. The number of benzene rings is 2. The van der Waals surface area contributed by atoms with Crippen molar-refractivity contribution in [1.82, 2.24) is 15.5 Å². The first-order valence-corrected chi connectivity index (χ1v) is 15.3. The van der Waals surface area contributed by atoms with Crippen LogP contribution in [0.4, 0.5) is 4.79 Å². The predicted molar refractivity (Wildman–Crippen MR) is 169 cm³/mol. The molecule has 0 aliphatic rings. The molecule has 0 spiro atoms. The second kappa shape index (κ2) is 17.9. The fourth-order valence-electron chi connectivity index (χ4n) is 4.75. The lowest BCUT2D eigenvalue weighted by Crippen LogP contribution is -2.54. The fourth-order valence-corrected chi connectivity index (χ4v) is 4.75. The summed E-state index contributed by atoms with van der Waals surface area (Å²) in [7, 11) is 0. The molecule has 2 aromatic carbocycles. The van der Waals surface area contributed by atoms with E-state index in [0.717, 1.165) is 44.1 Å². The van der Waals surface area contributed by atoms with Crippen LogP contribution in [-0.2, 0) is 20.7 Å². The molecule has 42 heavy (non-hydrogen) atoms. The number of nitrogens with zero attached hydrogens (tertiary/aromatic N) is 1. The van der Waals surface area contributed by atoms with Crippen molar-refractivity contribution in [1.29, 1.82) is 0 Å². The SMILES string of the molecule is C#Cc1ccccc1C(C(=O)NCCCC)N(CCCCCCC)C(=O)C(Cc1ccccc1)NC(=O)OC(C)(C)C. The summed E-state index contributed by atoms with van der Waals surface area (Å²) in [6, 6.07) is 14.8. The highest BCUT2D eigenvalue weighted by molar-refractivity contribution is 5.92. The standard InChI is InChI=1S/C35H49N3O4/c1-7-10-12-13-19-25-38(31(32(39)36-24-11-8-2)29-23-18-17-22-28(29)9-3)33(40)30(26-27-20-15-14-16-21-27)37-34(41)42-35(4,5)6/h3,14-18,20-23,30-31H,7-8,10-13,19,24-26H2,1-2,4-6H3,(H,36,39)(H,37,41). The average Bonchev–Trinajstić information content (AvgIpc) is 2.95. The molecule has 7 nitrogen and oxygen atoms in total. The first kappa shape index (κ1) is 34.4. The third kappa shape index (κ3) is 11.6. The summed E-state index contributed by atoms with van der Waals surface area (Å²) in [6.07, 6.45) is 12.0. The van der Waals surface area contributed by atoms with Crippen molar-refractivity contribution in [3.63, 3.8) is 0 Å². The van der Waals surface area contributed by atoms with Crippen LogP contribution in [0.2, 0.25) is 0 Å². The smallest absolute Gasteiger partial charge is 0.408 e. The summed E-state index contributed by atoms with van der Waals surface area (Å²) < 4.78 is 5.53. The molecule has 0 aromatic heterocycles. The monoisotopic (exact) mass is 575 g/mol. The molecule has 2 aromatic rings. The Kier molecular flexibility index (Phi) is 14.7. The van der Waals surface area contributed by atoms with Crippen molar-refractivity contribution >= 4 is 17.9 Å². The van der Waals surface area contributed by atoms with E-state index < -0.39 is 23.8 Å². The maximum atomic E-state index is 14.5. The van der Waals surface area contributed by atoms with Gasteiger partial charge in [-0.1, -0.05) is 100 Å². The van der Waals surface area contributed by atoms with Gasteiger partial charge in [0, 0.05) is 25.1 Å². The highest BCUT2D eigenvalue weighted by Gasteiger charge is 2.37. The van der Waals surface area contributed by atoms with Crippen LogP contribution in [0, 0.1) is 12.3 Å². The van der Waals surface area contributed by atoms with Crippen LogP contribution in [0.25, 0.3) is 0 Å². The van der Waals surface area contributed by atoms with Crippen molar-refractivity contribution in [3.8, 4) is 12.3 Å². The summed E-state index contributed by atoms with van der Waals surface area (Å²) in [6.45, 7) is 10.4. The largest absolute Gasteiger partial charge is 0.444 e. The Labute approximate surface area is 252 Å². The molecular weight excluding hydrogens is 526 g/mol. The van der Waals surface area contributed by atoms with Crippen LogP contribution in [0.3, 0.4) is 0 Å². The number of unbranched alkanes of at least 4 members (excludes halogenated alkanes) is 5. The number of ether oxygens (including phenoxy) is 1. The molecule has 0 aliphatic carbocycles. The van der Waals surface area contributed by atoms with Crippen LogP contribution in [-0.4, -0.2) is 47.5 Å². The van der Waals surface area contributed by atoms with E-state index in [4.69, 9.17) is 11.2 Å². The van der Waals surface area contributed by atoms with E-state index in [1.165, 1.54) is 0 Å². The molecule has 0 aliphatic heterocycles. The summed E-state index contributed by atoms with van der Waals surface area (Å²) in [4.78, 5) is 43.0. The molecule has 0 saturated heterocycles. The highest BCUT2D eigenvalue weighted by Crippen LogP contribution is 2.27. The normalized spacial score (nSPS) is 12.5. The Morgan fingerprint density at radius 3 is 2.19 bits per heavy atom. The van der Waals surface area contributed by atoms with Crippen LogP contribution in [0.1, 0.15) is 102 Å². The van der Waals surface area contributed by atoms with Crippen LogP contribution in [0.5, 0.6) is 0 Å². The van der Waals surface area contributed by atoms with E-state index in [2.05, 4.69) is 30.4 Å². The number of terminal acetylenes is 1. The first-order valence-electron chi connectivity index (χ1n) is 15.3. The zero-order chi connectivity index (χ0) is 31.0. The minimum absolute atomic E-state index is 0.242. The summed E-state index contributed by atoms with van der Waals surface area (Å²) in [5.74, 6) is 2.05. The van der Waals surface area contributed by atoms with E-state index >= 15 is 0 Å². The van der Waals surface area contributed by atoms with Gasteiger partial charge in [-0.05, 0) is 50.8 Å². The number of amides is 3. The number of alkyl carbamates (subject to hydrolysis) is 1. The molecule has 0 fully saturated rings. The van der Waals surface area contributed by atoms with Crippen molar-refractivity contribution in [2.45, 2.75) is 104 Å². The minimum atomic E-state index is -0.957. The van der Waals surface area contributed by atoms with Gasteiger partial charge in [0.1, 0.15) is 17.7 Å². The highest BCUT2D eigenvalue weighted by atomic mass is 16.6. The summed E-state index contributed by atoms with van der Waals surface area (Å²) in [5.41, 5.74) is 1.28. The van der Waals surface area contributed by atoms with Crippen molar-refractivity contribution < 1.29 is 19.1 Å². The second-order valence-electron chi connectivity index (χ2n) is 11.6. The van der Waals surface area contributed by atoms with Gasteiger partial charge in [0.2, 0.25) is 11.8 Å². The van der Waals surface area contributed by atoms with Crippen LogP contribution in [0.15, 0.2) is 54.6 Å². The molecule has 2 atom stereocenters. The number of rotatable bonds is 16. The molecule has 7 heteroatoms. The maximum Gasteiger partial charge on any atom is 0.408 e. The minimum Gasteiger partial charge on any atom is -0.444 e. The predicted octanol–water partition coefficient (Wildman–Crippen LogP) is 6.56. The number of hydrogen-bond acceptors (Lipinski definition) is 4.